The van der Waals surface area contributed by atoms with Crippen molar-refractivity contribution in [3.63, 3.8) is 0 Å². The minimum absolute atomic E-state index is 0.346. The Bertz CT molecular complexity index is 771. The van der Waals surface area contributed by atoms with E-state index in [2.05, 4.69) is 10.1 Å². The van der Waals surface area contributed by atoms with E-state index in [0.29, 0.717) is 38.6 Å². The molecule has 100 valence electrons. The SMILES string of the molecule is Nc1ccc(-c2noc(-c3ccccc3Cl)n2)c(Cl)c1. The average Bonchev–Trinajstić information content (AvgIpc) is 2.88. The summed E-state index contributed by atoms with van der Waals surface area (Å²) in [6.07, 6.45) is 0. The van der Waals surface area contributed by atoms with Crippen LogP contribution in [0.3, 0.4) is 0 Å². The summed E-state index contributed by atoms with van der Waals surface area (Å²) in [5.74, 6) is 0.739. The second-order valence-corrected chi connectivity index (χ2v) is 4.96. The van der Waals surface area contributed by atoms with Gasteiger partial charge < -0.3 is 10.3 Å². The van der Waals surface area contributed by atoms with E-state index in [1.807, 2.05) is 18.2 Å². The molecule has 0 radical (unpaired) electrons. The van der Waals surface area contributed by atoms with Crippen LogP contribution in [-0.4, -0.2) is 10.1 Å². The van der Waals surface area contributed by atoms with Crippen LogP contribution < -0.4 is 5.73 Å². The Morgan fingerprint density at radius 3 is 2.50 bits per heavy atom. The highest BCUT2D eigenvalue weighted by Crippen LogP contribution is 2.31. The number of hydrogen-bond acceptors (Lipinski definition) is 4. The smallest absolute Gasteiger partial charge is 0.259 e. The molecular formula is C14H9Cl2N3O. The van der Waals surface area contributed by atoms with Gasteiger partial charge >= 0.3 is 0 Å². The average molecular weight is 306 g/mol. The van der Waals surface area contributed by atoms with Crippen molar-refractivity contribution in [3.05, 3.63) is 52.5 Å². The van der Waals surface area contributed by atoms with E-state index in [4.69, 9.17) is 33.5 Å². The summed E-state index contributed by atoms with van der Waals surface area (Å²) in [5, 5.41) is 4.94. The van der Waals surface area contributed by atoms with Crippen LogP contribution in [0.4, 0.5) is 5.69 Å². The minimum atomic E-state index is 0.346. The van der Waals surface area contributed by atoms with E-state index >= 15 is 0 Å². The van der Waals surface area contributed by atoms with Crippen molar-refractivity contribution in [2.24, 2.45) is 0 Å². The fourth-order valence-corrected chi connectivity index (χ4v) is 2.28. The molecule has 0 aliphatic carbocycles. The zero-order valence-electron chi connectivity index (χ0n) is 10.2. The fraction of sp³-hybridized carbons (Fsp3) is 0. The van der Waals surface area contributed by atoms with Crippen molar-refractivity contribution in [1.29, 1.82) is 0 Å². The molecule has 2 aromatic carbocycles. The van der Waals surface area contributed by atoms with Crippen molar-refractivity contribution >= 4 is 28.9 Å². The third kappa shape index (κ3) is 2.35. The molecule has 2 N–H and O–H groups in total. The molecule has 0 amide bonds. The first-order valence-electron chi connectivity index (χ1n) is 5.79. The van der Waals surface area contributed by atoms with E-state index < -0.39 is 0 Å². The Kier molecular flexibility index (Phi) is 3.34. The highest BCUT2D eigenvalue weighted by molar-refractivity contribution is 6.33. The van der Waals surface area contributed by atoms with E-state index in [0.717, 1.165) is 0 Å². The monoisotopic (exact) mass is 305 g/mol. The number of benzene rings is 2. The summed E-state index contributed by atoms with van der Waals surface area (Å²) in [6.45, 7) is 0. The second-order valence-electron chi connectivity index (χ2n) is 4.14. The summed E-state index contributed by atoms with van der Waals surface area (Å²) >= 11 is 12.2. The summed E-state index contributed by atoms with van der Waals surface area (Å²) < 4.78 is 5.24. The number of anilines is 1. The first-order chi connectivity index (χ1) is 9.65. The molecular weight excluding hydrogens is 297 g/mol. The van der Waals surface area contributed by atoms with Gasteiger partial charge in [0, 0.05) is 11.3 Å². The molecule has 0 atom stereocenters. The van der Waals surface area contributed by atoms with Crippen molar-refractivity contribution in [3.8, 4) is 22.8 Å². The summed E-state index contributed by atoms with van der Waals surface area (Å²) in [5.41, 5.74) is 7.57. The van der Waals surface area contributed by atoms with Crippen LogP contribution in [0.5, 0.6) is 0 Å². The van der Waals surface area contributed by atoms with Gasteiger partial charge in [-0.3, -0.25) is 0 Å². The minimum Gasteiger partial charge on any atom is -0.399 e. The van der Waals surface area contributed by atoms with E-state index in [1.165, 1.54) is 0 Å². The molecule has 0 bridgehead atoms. The molecule has 0 unspecified atom stereocenters. The zero-order chi connectivity index (χ0) is 14.1. The van der Waals surface area contributed by atoms with Crippen LogP contribution >= 0.6 is 23.2 Å². The van der Waals surface area contributed by atoms with Gasteiger partial charge in [0.05, 0.1) is 15.6 Å². The molecule has 0 fully saturated rings. The van der Waals surface area contributed by atoms with E-state index in [-0.39, 0.29) is 0 Å². The maximum Gasteiger partial charge on any atom is 0.259 e. The van der Waals surface area contributed by atoms with Crippen molar-refractivity contribution in [1.82, 2.24) is 10.1 Å². The normalized spacial score (nSPS) is 10.7. The molecule has 1 aromatic heterocycles. The molecule has 6 heteroatoms. The maximum atomic E-state index is 6.12. The Hall–Kier alpha value is -2.04. The second kappa shape index (κ2) is 5.15. The summed E-state index contributed by atoms with van der Waals surface area (Å²) in [7, 11) is 0. The summed E-state index contributed by atoms with van der Waals surface area (Å²) in [4.78, 5) is 4.31. The van der Waals surface area contributed by atoms with Gasteiger partial charge in [-0.15, -0.1) is 0 Å². The number of aromatic nitrogens is 2. The van der Waals surface area contributed by atoms with E-state index in [1.54, 1.807) is 24.3 Å². The van der Waals surface area contributed by atoms with Crippen LogP contribution in [0, 0.1) is 0 Å². The van der Waals surface area contributed by atoms with Gasteiger partial charge in [0.25, 0.3) is 5.89 Å². The van der Waals surface area contributed by atoms with Gasteiger partial charge in [-0.2, -0.15) is 4.98 Å². The Morgan fingerprint density at radius 2 is 1.75 bits per heavy atom. The largest absolute Gasteiger partial charge is 0.399 e. The predicted molar refractivity (Wildman–Crippen MR) is 79.6 cm³/mol. The standard InChI is InChI=1S/C14H9Cl2N3O/c15-11-4-2-1-3-10(11)14-18-13(19-20-14)9-6-5-8(17)7-12(9)16/h1-7H,17H2. The Balaban J connectivity index is 2.04. The highest BCUT2D eigenvalue weighted by Gasteiger charge is 2.14. The van der Waals surface area contributed by atoms with Gasteiger partial charge in [-0.05, 0) is 30.3 Å². The molecule has 1 heterocycles. The van der Waals surface area contributed by atoms with Crippen LogP contribution in [0.25, 0.3) is 22.8 Å². The Labute approximate surface area is 125 Å². The third-order valence-electron chi connectivity index (χ3n) is 2.76. The topological polar surface area (TPSA) is 64.9 Å². The van der Waals surface area contributed by atoms with Crippen LogP contribution in [-0.2, 0) is 0 Å². The lowest BCUT2D eigenvalue weighted by atomic mass is 10.2. The van der Waals surface area contributed by atoms with Gasteiger partial charge in [-0.25, -0.2) is 0 Å². The number of nitrogens with zero attached hydrogens (tertiary/aromatic N) is 2. The number of nitrogens with two attached hydrogens (primary N) is 1. The first-order valence-corrected chi connectivity index (χ1v) is 6.55. The van der Waals surface area contributed by atoms with Crippen molar-refractivity contribution in [2.75, 3.05) is 5.73 Å². The lowest BCUT2D eigenvalue weighted by Gasteiger charge is -1.99. The van der Waals surface area contributed by atoms with Crippen LogP contribution in [0.1, 0.15) is 0 Å². The lowest BCUT2D eigenvalue weighted by molar-refractivity contribution is 0.432. The van der Waals surface area contributed by atoms with Crippen molar-refractivity contribution in [2.45, 2.75) is 0 Å². The molecule has 4 nitrogen and oxygen atoms in total. The number of rotatable bonds is 2. The molecule has 0 saturated carbocycles. The first kappa shape index (κ1) is 13.0. The van der Waals surface area contributed by atoms with Gasteiger partial charge in [0.2, 0.25) is 5.82 Å². The lowest BCUT2D eigenvalue weighted by Crippen LogP contribution is -1.87. The third-order valence-corrected chi connectivity index (χ3v) is 3.41. The molecule has 0 aliphatic heterocycles. The molecule has 0 saturated heterocycles. The molecule has 3 rings (SSSR count). The van der Waals surface area contributed by atoms with Crippen molar-refractivity contribution < 1.29 is 4.52 Å². The molecule has 20 heavy (non-hydrogen) atoms. The Morgan fingerprint density at radius 1 is 0.950 bits per heavy atom. The van der Waals surface area contributed by atoms with Gasteiger partial charge in [0.1, 0.15) is 0 Å². The van der Waals surface area contributed by atoms with E-state index in [9.17, 15) is 0 Å². The molecule has 0 aliphatic rings. The molecule has 0 spiro atoms. The fourth-order valence-electron chi connectivity index (χ4n) is 1.79. The maximum absolute atomic E-state index is 6.12. The highest BCUT2D eigenvalue weighted by atomic mass is 35.5. The number of halogens is 2. The van der Waals surface area contributed by atoms with Gasteiger partial charge in [0.15, 0.2) is 0 Å². The number of nitrogen functional groups attached to an aromatic ring is 1. The molecule has 3 aromatic rings. The number of hydrogen-bond donors (Lipinski definition) is 1. The van der Waals surface area contributed by atoms with Crippen LogP contribution in [0.15, 0.2) is 47.0 Å². The quantitative estimate of drug-likeness (QED) is 0.717. The zero-order valence-corrected chi connectivity index (χ0v) is 11.7. The summed E-state index contributed by atoms with van der Waals surface area (Å²) in [6, 6.07) is 12.4. The van der Waals surface area contributed by atoms with Crippen LogP contribution in [0.2, 0.25) is 10.0 Å². The van der Waals surface area contributed by atoms with Gasteiger partial charge in [-0.1, -0.05) is 40.5 Å². The predicted octanol–water partition coefficient (Wildman–Crippen LogP) is 4.29.